The minimum Gasteiger partial charge on any atom is -0.274 e. The minimum absolute atomic E-state index is 0.903. The first-order valence-electron chi connectivity index (χ1n) is 10.4. The predicted octanol–water partition coefficient (Wildman–Crippen LogP) is 6.66. The zero-order chi connectivity index (χ0) is 20.0. The molecule has 0 atom stereocenters. The molecule has 0 saturated carbocycles. The average Bonchev–Trinajstić information content (AvgIpc) is 3.17. The second-order valence-corrected chi connectivity index (χ2v) is 7.96. The molecule has 0 fully saturated rings. The van der Waals surface area contributed by atoms with Gasteiger partial charge in [0, 0.05) is 16.3 Å². The molecule has 0 amide bonds. The monoisotopic (exact) mass is 379 g/mol. The van der Waals surface area contributed by atoms with Gasteiger partial charge in [-0.05, 0) is 54.8 Å². The highest BCUT2D eigenvalue weighted by Gasteiger charge is 2.18. The summed E-state index contributed by atoms with van der Waals surface area (Å²) in [7, 11) is 0. The molecule has 0 radical (unpaired) electrons. The first-order chi connectivity index (χ1) is 14.2. The van der Waals surface area contributed by atoms with E-state index in [2.05, 4.69) is 90.0 Å². The van der Waals surface area contributed by atoms with Gasteiger partial charge in [0.05, 0.1) is 5.52 Å². The molecule has 144 valence electrons. The summed E-state index contributed by atoms with van der Waals surface area (Å²) in [5, 5.41) is 13.0. The molecular formula is C26H25N3. The molecule has 3 heteroatoms. The molecule has 0 unspecified atom stereocenters. The number of hydrogen-bond donors (Lipinski definition) is 0. The fraction of sp³-hybridized carbons (Fsp3) is 0.231. The minimum atomic E-state index is 0.903. The number of fused-ring (bicyclic) bond motifs is 6. The summed E-state index contributed by atoms with van der Waals surface area (Å²) in [6.45, 7) is 6.63. The van der Waals surface area contributed by atoms with Gasteiger partial charge in [-0.15, -0.1) is 10.2 Å². The van der Waals surface area contributed by atoms with Gasteiger partial charge in [-0.25, -0.2) is 0 Å². The van der Waals surface area contributed by atoms with Crippen molar-refractivity contribution in [1.29, 1.82) is 0 Å². The van der Waals surface area contributed by atoms with Crippen LogP contribution >= 0.6 is 0 Å². The second-order valence-electron chi connectivity index (χ2n) is 7.96. The zero-order valence-corrected chi connectivity index (χ0v) is 17.2. The topological polar surface area (TPSA) is 30.2 Å². The lowest BCUT2D eigenvalue weighted by molar-refractivity contribution is 0.795. The fourth-order valence-electron chi connectivity index (χ4n) is 4.50. The molecule has 3 aromatic carbocycles. The van der Waals surface area contributed by atoms with Crippen molar-refractivity contribution in [3.05, 3.63) is 77.4 Å². The summed E-state index contributed by atoms with van der Waals surface area (Å²) in [6.07, 6.45) is 3.54. The third-order valence-corrected chi connectivity index (χ3v) is 5.88. The average molecular weight is 380 g/mol. The van der Waals surface area contributed by atoms with Crippen LogP contribution in [0.25, 0.3) is 38.7 Å². The Bertz CT molecular complexity index is 1350. The molecule has 0 aliphatic heterocycles. The third kappa shape index (κ3) is 2.80. The molecule has 2 aromatic heterocycles. The van der Waals surface area contributed by atoms with E-state index in [9.17, 15) is 0 Å². The summed E-state index contributed by atoms with van der Waals surface area (Å²) in [5.74, 6) is 0.903. The number of hydrogen-bond acceptors (Lipinski definition) is 2. The Morgan fingerprint density at radius 1 is 0.828 bits per heavy atom. The van der Waals surface area contributed by atoms with Gasteiger partial charge in [0.15, 0.2) is 11.5 Å². The molecule has 0 N–H and O–H groups in total. The summed E-state index contributed by atoms with van der Waals surface area (Å²) in [4.78, 5) is 0. The summed E-state index contributed by atoms with van der Waals surface area (Å²) >= 11 is 0. The number of benzene rings is 3. The van der Waals surface area contributed by atoms with E-state index in [0.29, 0.717) is 0 Å². The van der Waals surface area contributed by atoms with Crippen LogP contribution in [0.2, 0.25) is 0 Å². The third-order valence-electron chi connectivity index (χ3n) is 5.88. The van der Waals surface area contributed by atoms with Gasteiger partial charge in [0.2, 0.25) is 0 Å². The number of nitrogens with zero attached hydrogens (tertiary/aromatic N) is 3. The van der Waals surface area contributed by atoms with Gasteiger partial charge in [0.1, 0.15) is 0 Å². The fourth-order valence-corrected chi connectivity index (χ4v) is 4.50. The van der Waals surface area contributed by atoms with Crippen molar-refractivity contribution in [3.8, 4) is 11.4 Å². The van der Waals surface area contributed by atoms with Crippen LogP contribution in [0, 0.1) is 13.8 Å². The number of unbranched alkanes of at least 4 members (excludes halogenated alkanes) is 1. The first-order valence-corrected chi connectivity index (χ1v) is 10.4. The number of rotatable bonds is 4. The van der Waals surface area contributed by atoms with E-state index in [1.54, 1.807) is 0 Å². The van der Waals surface area contributed by atoms with Crippen molar-refractivity contribution < 1.29 is 0 Å². The van der Waals surface area contributed by atoms with Crippen molar-refractivity contribution in [1.82, 2.24) is 14.6 Å². The van der Waals surface area contributed by atoms with Crippen LogP contribution in [-0.4, -0.2) is 14.6 Å². The van der Waals surface area contributed by atoms with E-state index in [1.165, 1.54) is 51.2 Å². The van der Waals surface area contributed by atoms with Crippen LogP contribution in [0.3, 0.4) is 0 Å². The Kier molecular flexibility index (Phi) is 4.31. The number of pyridine rings is 1. The normalized spacial score (nSPS) is 11.7. The molecule has 2 heterocycles. The SMILES string of the molecule is CCCCc1cc(C)c2c(c1)c1cccc(C)c1c1nnc(-c3ccccc3)n12. The smallest absolute Gasteiger partial charge is 0.169 e. The Morgan fingerprint density at radius 3 is 2.45 bits per heavy atom. The van der Waals surface area contributed by atoms with E-state index in [1.807, 2.05) is 6.07 Å². The summed E-state index contributed by atoms with van der Waals surface area (Å²) < 4.78 is 2.26. The highest BCUT2D eigenvalue weighted by Crippen LogP contribution is 2.35. The molecule has 0 saturated heterocycles. The Hall–Kier alpha value is -3.20. The molecule has 5 aromatic rings. The Balaban J connectivity index is 1.97. The van der Waals surface area contributed by atoms with Crippen molar-refractivity contribution in [2.24, 2.45) is 0 Å². The largest absolute Gasteiger partial charge is 0.274 e. The lowest BCUT2D eigenvalue weighted by atomic mass is 9.96. The van der Waals surface area contributed by atoms with E-state index in [4.69, 9.17) is 0 Å². The van der Waals surface area contributed by atoms with Gasteiger partial charge in [-0.2, -0.15) is 0 Å². The van der Waals surface area contributed by atoms with Crippen molar-refractivity contribution in [2.75, 3.05) is 0 Å². The Labute approximate surface area is 171 Å². The molecule has 0 aliphatic carbocycles. The molecule has 3 nitrogen and oxygen atoms in total. The van der Waals surface area contributed by atoms with Crippen molar-refractivity contribution >= 4 is 27.3 Å². The molecular weight excluding hydrogens is 354 g/mol. The maximum atomic E-state index is 4.66. The maximum absolute atomic E-state index is 4.66. The van der Waals surface area contributed by atoms with Crippen LogP contribution in [-0.2, 0) is 6.42 Å². The molecule has 5 rings (SSSR count). The second kappa shape index (κ2) is 7.00. The highest BCUT2D eigenvalue weighted by atomic mass is 15.2. The Morgan fingerprint density at radius 2 is 1.66 bits per heavy atom. The lowest BCUT2D eigenvalue weighted by Gasteiger charge is -2.15. The van der Waals surface area contributed by atoms with Crippen molar-refractivity contribution in [3.63, 3.8) is 0 Å². The van der Waals surface area contributed by atoms with Crippen LogP contribution < -0.4 is 0 Å². The van der Waals surface area contributed by atoms with Gasteiger partial charge in [0.25, 0.3) is 0 Å². The predicted molar refractivity (Wildman–Crippen MR) is 122 cm³/mol. The lowest BCUT2D eigenvalue weighted by Crippen LogP contribution is -1.99. The van der Waals surface area contributed by atoms with Gasteiger partial charge in [-0.1, -0.05) is 67.9 Å². The molecule has 0 aliphatic rings. The van der Waals surface area contributed by atoms with Crippen LogP contribution in [0.4, 0.5) is 0 Å². The van der Waals surface area contributed by atoms with Crippen LogP contribution in [0.15, 0.2) is 60.7 Å². The van der Waals surface area contributed by atoms with Crippen LogP contribution in [0.5, 0.6) is 0 Å². The maximum Gasteiger partial charge on any atom is 0.169 e. The van der Waals surface area contributed by atoms with Gasteiger partial charge in [-0.3, -0.25) is 4.40 Å². The van der Waals surface area contributed by atoms with Crippen molar-refractivity contribution in [2.45, 2.75) is 40.0 Å². The molecule has 0 spiro atoms. The highest BCUT2D eigenvalue weighted by molar-refractivity contribution is 6.14. The standard InChI is InChI=1S/C26H25N3/c1-4-5-11-19-15-18(3)24-22(16-19)21-14-9-10-17(2)23(21)26-28-27-25(29(24)26)20-12-7-6-8-13-20/h6-10,12-16H,4-5,11H2,1-3H3. The van der Waals surface area contributed by atoms with Gasteiger partial charge < -0.3 is 0 Å². The van der Waals surface area contributed by atoms with Gasteiger partial charge >= 0.3 is 0 Å². The molecule has 29 heavy (non-hydrogen) atoms. The van der Waals surface area contributed by atoms with E-state index >= 15 is 0 Å². The van der Waals surface area contributed by atoms with E-state index in [0.717, 1.165) is 23.5 Å². The zero-order valence-electron chi connectivity index (χ0n) is 17.2. The quantitative estimate of drug-likeness (QED) is 0.327. The van der Waals surface area contributed by atoms with Crippen LogP contribution in [0.1, 0.15) is 36.5 Å². The number of aryl methyl sites for hydroxylation is 3. The molecule has 0 bridgehead atoms. The number of aromatic nitrogens is 3. The van der Waals surface area contributed by atoms with E-state index in [-0.39, 0.29) is 0 Å². The first kappa shape index (κ1) is 17.9. The summed E-state index contributed by atoms with van der Waals surface area (Å²) in [6, 6.07) is 21.6. The summed E-state index contributed by atoms with van der Waals surface area (Å²) in [5.41, 5.74) is 7.16. The van der Waals surface area contributed by atoms with E-state index < -0.39 is 0 Å².